The third kappa shape index (κ3) is 6.36. The van der Waals surface area contributed by atoms with Crippen LogP contribution in [0.3, 0.4) is 0 Å². The van der Waals surface area contributed by atoms with Gasteiger partial charge in [0.05, 0.1) is 26.2 Å². The number of ether oxygens (including phenoxy) is 1. The van der Waals surface area contributed by atoms with Crippen LogP contribution in [0.15, 0.2) is 4.99 Å². The van der Waals surface area contributed by atoms with Crippen LogP contribution in [0.2, 0.25) is 0 Å². The lowest BCUT2D eigenvalue weighted by Crippen LogP contribution is -2.44. The lowest BCUT2D eigenvalue weighted by molar-refractivity contribution is -0.132. The topological polar surface area (TPSA) is 50.8 Å². The molecule has 96 valence electrons. The second-order valence-electron chi connectivity index (χ2n) is 3.20. The van der Waals surface area contributed by atoms with Crippen molar-refractivity contribution in [3.8, 4) is 0 Å². The molecule has 1 aliphatic heterocycles. The fourth-order valence-corrected chi connectivity index (χ4v) is 1.19. The lowest BCUT2D eigenvalue weighted by Gasteiger charge is -2.27. The zero-order chi connectivity index (χ0) is 11.3. The molecule has 0 aliphatic carbocycles. The molecule has 0 amide bonds. The van der Waals surface area contributed by atoms with E-state index in [2.05, 4.69) is 4.99 Å². The van der Waals surface area contributed by atoms with Crippen molar-refractivity contribution < 1.29 is 17.9 Å². The second kappa shape index (κ2) is 7.15. The first-order valence-corrected chi connectivity index (χ1v) is 4.68. The number of hydrogen-bond donors (Lipinski definition) is 1. The van der Waals surface area contributed by atoms with E-state index in [9.17, 15) is 13.2 Å². The molecule has 0 atom stereocenters. The molecule has 1 rings (SSSR count). The van der Waals surface area contributed by atoms with Gasteiger partial charge in [0.25, 0.3) is 0 Å². The Balaban J connectivity index is 0.00000225. The Morgan fingerprint density at radius 3 is 2.38 bits per heavy atom. The van der Waals surface area contributed by atoms with Crippen LogP contribution in [0.5, 0.6) is 0 Å². The van der Waals surface area contributed by atoms with Gasteiger partial charge in [0.15, 0.2) is 5.96 Å². The standard InChI is InChI=1S/C8H14F3N3O.HI/c9-8(10,11)1-2-13-7(12)14-3-5-15-6-4-14;/h1-6H2,(H2,12,13);1H. The molecule has 0 aromatic carbocycles. The van der Waals surface area contributed by atoms with Crippen LogP contribution in [-0.4, -0.2) is 49.9 Å². The Hall–Kier alpha value is -0.250. The zero-order valence-corrected chi connectivity index (χ0v) is 11.0. The highest BCUT2D eigenvalue weighted by Gasteiger charge is 2.26. The van der Waals surface area contributed by atoms with E-state index in [0.29, 0.717) is 26.3 Å². The van der Waals surface area contributed by atoms with Crippen molar-refractivity contribution in [1.29, 1.82) is 0 Å². The number of nitrogens with two attached hydrogens (primary N) is 1. The van der Waals surface area contributed by atoms with E-state index < -0.39 is 12.6 Å². The quantitative estimate of drug-likeness (QED) is 0.461. The minimum Gasteiger partial charge on any atom is -0.378 e. The molecule has 0 aromatic heterocycles. The van der Waals surface area contributed by atoms with Crippen LogP contribution in [0.1, 0.15) is 6.42 Å². The number of rotatable bonds is 2. The largest absolute Gasteiger partial charge is 0.390 e. The molecular formula is C8H15F3IN3O. The van der Waals surface area contributed by atoms with Gasteiger partial charge in [-0.05, 0) is 0 Å². The van der Waals surface area contributed by atoms with Gasteiger partial charge in [0.2, 0.25) is 0 Å². The molecule has 4 nitrogen and oxygen atoms in total. The fraction of sp³-hybridized carbons (Fsp3) is 0.875. The minimum absolute atomic E-state index is 0. The third-order valence-corrected chi connectivity index (χ3v) is 2.00. The van der Waals surface area contributed by atoms with Crippen LogP contribution in [0, 0.1) is 0 Å². The van der Waals surface area contributed by atoms with Gasteiger partial charge in [-0.15, -0.1) is 24.0 Å². The van der Waals surface area contributed by atoms with Crippen LogP contribution >= 0.6 is 24.0 Å². The van der Waals surface area contributed by atoms with Gasteiger partial charge in [0.1, 0.15) is 0 Å². The van der Waals surface area contributed by atoms with Gasteiger partial charge in [-0.25, -0.2) is 0 Å². The number of nitrogens with zero attached hydrogens (tertiary/aromatic N) is 2. The summed E-state index contributed by atoms with van der Waals surface area (Å²) in [6.45, 7) is 1.93. The highest BCUT2D eigenvalue weighted by molar-refractivity contribution is 14.0. The van der Waals surface area contributed by atoms with E-state index in [1.165, 1.54) is 0 Å². The monoisotopic (exact) mass is 353 g/mol. The molecule has 0 bridgehead atoms. The molecule has 1 heterocycles. The van der Waals surface area contributed by atoms with Crippen LogP contribution in [-0.2, 0) is 4.74 Å². The number of alkyl halides is 3. The Kier molecular flexibility index (Phi) is 7.04. The number of hydrogen-bond acceptors (Lipinski definition) is 2. The predicted molar refractivity (Wildman–Crippen MR) is 65.0 cm³/mol. The normalized spacial score (nSPS) is 18.2. The number of guanidine groups is 1. The van der Waals surface area contributed by atoms with Gasteiger partial charge < -0.3 is 15.4 Å². The summed E-state index contributed by atoms with van der Waals surface area (Å²) in [6, 6.07) is 0. The maximum atomic E-state index is 11.8. The average molecular weight is 353 g/mol. The SMILES string of the molecule is I.NC(=NCCC(F)(F)F)N1CCOCC1. The van der Waals surface area contributed by atoms with E-state index in [1.807, 2.05) is 0 Å². The van der Waals surface area contributed by atoms with E-state index in [0.717, 1.165) is 0 Å². The van der Waals surface area contributed by atoms with E-state index >= 15 is 0 Å². The molecule has 0 unspecified atom stereocenters. The highest BCUT2D eigenvalue weighted by Crippen LogP contribution is 2.18. The zero-order valence-electron chi connectivity index (χ0n) is 8.66. The van der Waals surface area contributed by atoms with Crippen molar-refractivity contribution in [2.45, 2.75) is 12.6 Å². The number of halogens is 4. The molecule has 1 saturated heterocycles. The first-order valence-electron chi connectivity index (χ1n) is 4.68. The van der Waals surface area contributed by atoms with Gasteiger partial charge >= 0.3 is 6.18 Å². The number of morpholine rings is 1. The first kappa shape index (κ1) is 15.8. The molecule has 0 radical (unpaired) electrons. The van der Waals surface area contributed by atoms with Gasteiger partial charge in [-0.3, -0.25) is 4.99 Å². The summed E-state index contributed by atoms with van der Waals surface area (Å²) >= 11 is 0. The molecule has 16 heavy (non-hydrogen) atoms. The fourth-order valence-electron chi connectivity index (χ4n) is 1.19. The lowest BCUT2D eigenvalue weighted by atomic mass is 10.4. The Morgan fingerprint density at radius 2 is 1.88 bits per heavy atom. The first-order chi connectivity index (χ1) is 6.99. The van der Waals surface area contributed by atoms with Gasteiger partial charge in [0, 0.05) is 13.1 Å². The van der Waals surface area contributed by atoms with Crippen molar-refractivity contribution in [3.05, 3.63) is 0 Å². The highest BCUT2D eigenvalue weighted by atomic mass is 127. The maximum Gasteiger partial charge on any atom is 0.390 e. The molecule has 1 fully saturated rings. The Morgan fingerprint density at radius 1 is 1.31 bits per heavy atom. The van der Waals surface area contributed by atoms with Crippen LogP contribution in [0.25, 0.3) is 0 Å². The summed E-state index contributed by atoms with van der Waals surface area (Å²) in [6.07, 6.45) is -5.10. The Bertz CT molecular complexity index is 229. The molecule has 0 saturated carbocycles. The molecule has 0 spiro atoms. The van der Waals surface area contributed by atoms with Crippen LogP contribution in [0.4, 0.5) is 13.2 Å². The number of aliphatic imine (C=N–C) groups is 1. The third-order valence-electron chi connectivity index (χ3n) is 2.00. The van der Waals surface area contributed by atoms with Gasteiger partial charge in [-0.2, -0.15) is 13.2 Å². The summed E-state index contributed by atoms with van der Waals surface area (Å²) in [5.74, 6) is 0.169. The predicted octanol–water partition coefficient (Wildman–Crippen LogP) is 1.20. The Labute approximate surface area is 109 Å². The molecule has 0 aromatic rings. The van der Waals surface area contributed by atoms with E-state index in [-0.39, 0.29) is 36.5 Å². The summed E-state index contributed by atoms with van der Waals surface area (Å²) < 4.78 is 40.5. The van der Waals surface area contributed by atoms with E-state index in [1.54, 1.807) is 4.90 Å². The van der Waals surface area contributed by atoms with E-state index in [4.69, 9.17) is 10.5 Å². The average Bonchev–Trinajstić information content (AvgIpc) is 2.17. The second-order valence-corrected chi connectivity index (χ2v) is 3.20. The van der Waals surface area contributed by atoms with Crippen molar-refractivity contribution in [2.24, 2.45) is 10.7 Å². The summed E-state index contributed by atoms with van der Waals surface area (Å²) in [5, 5.41) is 0. The molecule has 1 aliphatic rings. The molecular weight excluding hydrogens is 338 g/mol. The molecule has 2 N–H and O–H groups in total. The maximum absolute atomic E-state index is 11.8. The minimum atomic E-state index is -4.17. The smallest absolute Gasteiger partial charge is 0.378 e. The summed E-state index contributed by atoms with van der Waals surface area (Å²) in [4.78, 5) is 5.40. The summed E-state index contributed by atoms with van der Waals surface area (Å²) in [7, 11) is 0. The van der Waals surface area contributed by atoms with Crippen molar-refractivity contribution in [1.82, 2.24) is 4.90 Å². The van der Waals surface area contributed by atoms with Crippen molar-refractivity contribution in [3.63, 3.8) is 0 Å². The van der Waals surface area contributed by atoms with Crippen molar-refractivity contribution >= 4 is 29.9 Å². The van der Waals surface area contributed by atoms with Crippen LogP contribution < -0.4 is 5.73 Å². The van der Waals surface area contributed by atoms with Crippen molar-refractivity contribution in [2.75, 3.05) is 32.8 Å². The molecule has 8 heteroatoms. The van der Waals surface area contributed by atoms with Gasteiger partial charge in [-0.1, -0.05) is 0 Å². The summed E-state index contributed by atoms with van der Waals surface area (Å²) in [5.41, 5.74) is 5.53.